The quantitative estimate of drug-likeness (QED) is 0.184. The molecular formula is C30H50O3Si2. The Morgan fingerprint density at radius 3 is 1.51 bits per heavy atom. The zero-order chi connectivity index (χ0) is 26.1. The lowest BCUT2D eigenvalue weighted by Gasteiger charge is -2.31. The van der Waals surface area contributed by atoms with E-state index in [9.17, 15) is 10.2 Å². The highest BCUT2D eigenvalue weighted by Crippen LogP contribution is 2.34. The minimum absolute atomic E-state index is 0.291. The van der Waals surface area contributed by atoms with Gasteiger partial charge < -0.3 is 14.3 Å². The van der Waals surface area contributed by atoms with E-state index in [1.54, 1.807) is 0 Å². The van der Waals surface area contributed by atoms with E-state index in [2.05, 4.69) is 44.9 Å². The highest BCUT2D eigenvalue weighted by Gasteiger charge is 2.28. The van der Waals surface area contributed by atoms with Gasteiger partial charge in [-0.2, -0.15) is 0 Å². The number of hydrogen-bond donors (Lipinski definition) is 2. The van der Waals surface area contributed by atoms with Crippen molar-refractivity contribution in [3.05, 3.63) is 58.7 Å². The van der Waals surface area contributed by atoms with Crippen molar-refractivity contribution in [3.63, 3.8) is 0 Å². The molecule has 196 valence electrons. The molecule has 0 saturated heterocycles. The average Bonchev–Trinajstić information content (AvgIpc) is 2.74. The van der Waals surface area contributed by atoms with Crippen LogP contribution in [0.1, 0.15) is 86.0 Å². The minimum atomic E-state index is -1.47. The van der Waals surface area contributed by atoms with Gasteiger partial charge >= 0.3 is 0 Å². The number of benzene rings is 2. The van der Waals surface area contributed by atoms with Crippen LogP contribution in [0.25, 0.3) is 0 Å². The second-order valence-electron chi connectivity index (χ2n) is 12.0. The van der Waals surface area contributed by atoms with Gasteiger partial charge in [0.1, 0.15) is 11.5 Å². The summed E-state index contributed by atoms with van der Waals surface area (Å²) in [5.74, 6) is 0.993. The standard InChI is InChI=1S/C30H50O3Si2/c1-24-22-26(17-19-29(24)31)28(27-18-20-30(32)25(2)23-27)16-14-12-10-8-9-11-13-15-21-35(6,7)33-34(3,4)5/h17-20,22-23,28,31-32H,8-16,21H2,1-7H3. The number of phenolic OH excluding ortho intramolecular Hbond substituents is 2. The van der Waals surface area contributed by atoms with Crippen molar-refractivity contribution >= 4 is 16.6 Å². The number of rotatable bonds is 15. The van der Waals surface area contributed by atoms with Gasteiger partial charge in [-0.15, -0.1) is 0 Å². The van der Waals surface area contributed by atoms with Crippen molar-refractivity contribution in [1.29, 1.82) is 0 Å². The normalized spacial score (nSPS) is 12.5. The second kappa shape index (κ2) is 13.7. The van der Waals surface area contributed by atoms with Crippen molar-refractivity contribution in [2.24, 2.45) is 0 Å². The molecule has 0 aliphatic heterocycles. The predicted octanol–water partition coefficient (Wildman–Crippen LogP) is 9.41. The van der Waals surface area contributed by atoms with Crippen LogP contribution >= 0.6 is 0 Å². The van der Waals surface area contributed by atoms with Crippen LogP contribution in [0.4, 0.5) is 0 Å². The molecule has 0 aliphatic carbocycles. The molecule has 0 spiro atoms. The monoisotopic (exact) mass is 514 g/mol. The maximum absolute atomic E-state index is 9.98. The summed E-state index contributed by atoms with van der Waals surface area (Å²) in [6.07, 6.45) is 11.5. The van der Waals surface area contributed by atoms with E-state index >= 15 is 0 Å². The SMILES string of the molecule is Cc1cc(C(CCCCCCCCCC[Si](C)(C)O[Si](C)(C)C)c2ccc(O)c(C)c2)ccc1O. The van der Waals surface area contributed by atoms with Crippen LogP contribution in [0.2, 0.25) is 38.8 Å². The van der Waals surface area contributed by atoms with Crippen LogP contribution in [0.3, 0.4) is 0 Å². The second-order valence-corrected chi connectivity index (χ2v) is 21.0. The Morgan fingerprint density at radius 1 is 0.657 bits per heavy atom. The molecule has 0 atom stereocenters. The molecular weight excluding hydrogens is 464 g/mol. The fourth-order valence-electron chi connectivity index (χ4n) is 5.16. The van der Waals surface area contributed by atoms with Gasteiger partial charge in [-0.1, -0.05) is 75.6 Å². The third-order valence-electron chi connectivity index (χ3n) is 6.85. The zero-order valence-corrected chi connectivity index (χ0v) is 25.4. The summed E-state index contributed by atoms with van der Waals surface area (Å²) < 4.78 is 6.46. The summed E-state index contributed by atoms with van der Waals surface area (Å²) in [6, 6.07) is 13.2. The van der Waals surface area contributed by atoms with Gasteiger partial charge in [0.15, 0.2) is 16.6 Å². The fourth-order valence-corrected chi connectivity index (χ4v) is 13.3. The fraction of sp³-hybridized carbons (Fsp3) is 0.600. The first kappa shape index (κ1) is 29.7. The summed E-state index contributed by atoms with van der Waals surface area (Å²) in [5, 5.41) is 20.0. The number of phenols is 2. The number of aromatic hydroxyl groups is 2. The van der Waals surface area contributed by atoms with Gasteiger partial charge in [-0.3, -0.25) is 0 Å². The first-order chi connectivity index (χ1) is 16.4. The van der Waals surface area contributed by atoms with Crippen LogP contribution in [0.15, 0.2) is 36.4 Å². The number of hydrogen-bond acceptors (Lipinski definition) is 3. The first-order valence-electron chi connectivity index (χ1n) is 13.7. The first-order valence-corrected chi connectivity index (χ1v) is 20.2. The maximum atomic E-state index is 9.98. The molecule has 0 amide bonds. The number of unbranched alkanes of at least 4 members (excludes halogenated alkanes) is 7. The van der Waals surface area contributed by atoms with E-state index in [1.807, 2.05) is 38.1 Å². The summed E-state index contributed by atoms with van der Waals surface area (Å²) in [6.45, 7) is 15.6. The molecule has 0 fully saturated rings. The summed E-state index contributed by atoms with van der Waals surface area (Å²) in [5.41, 5.74) is 4.33. The molecule has 0 saturated carbocycles. The van der Waals surface area contributed by atoms with E-state index < -0.39 is 16.6 Å². The Labute approximate surface area is 217 Å². The molecule has 0 aromatic heterocycles. The highest BCUT2D eigenvalue weighted by atomic mass is 28.4. The molecule has 35 heavy (non-hydrogen) atoms. The molecule has 2 N–H and O–H groups in total. The van der Waals surface area contributed by atoms with Crippen LogP contribution in [0, 0.1) is 13.8 Å². The molecule has 2 aromatic rings. The Hall–Kier alpha value is -1.57. The molecule has 2 rings (SSSR count). The molecule has 5 heteroatoms. The lowest BCUT2D eigenvalue weighted by molar-refractivity contribution is 0.470. The molecule has 0 unspecified atom stereocenters. The van der Waals surface area contributed by atoms with Gasteiger partial charge in [0.2, 0.25) is 0 Å². The van der Waals surface area contributed by atoms with Gasteiger partial charge in [0.05, 0.1) is 0 Å². The molecule has 2 aromatic carbocycles. The van der Waals surface area contributed by atoms with Crippen molar-refractivity contribution in [3.8, 4) is 11.5 Å². The maximum Gasteiger partial charge on any atom is 0.173 e. The topological polar surface area (TPSA) is 49.7 Å². The van der Waals surface area contributed by atoms with Crippen molar-refractivity contribution in [2.45, 2.75) is 116 Å². The third-order valence-corrected chi connectivity index (χ3v) is 13.1. The van der Waals surface area contributed by atoms with Crippen molar-refractivity contribution in [2.75, 3.05) is 0 Å². The Balaban J connectivity index is 1.74. The van der Waals surface area contributed by atoms with E-state index in [0.29, 0.717) is 17.4 Å². The van der Waals surface area contributed by atoms with Crippen LogP contribution in [-0.4, -0.2) is 26.8 Å². The lowest BCUT2D eigenvalue weighted by Crippen LogP contribution is -2.42. The van der Waals surface area contributed by atoms with Gasteiger partial charge in [-0.05, 0) is 93.4 Å². The molecule has 3 nitrogen and oxygen atoms in total. The Bertz CT molecular complexity index is 867. The van der Waals surface area contributed by atoms with Crippen LogP contribution < -0.4 is 0 Å². The average molecular weight is 515 g/mol. The van der Waals surface area contributed by atoms with Crippen LogP contribution in [0.5, 0.6) is 11.5 Å². The smallest absolute Gasteiger partial charge is 0.173 e. The van der Waals surface area contributed by atoms with E-state index in [4.69, 9.17) is 4.12 Å². The molecule has 0 radical (unpaired) electrons. The zero-order valence-electron chi connectivity index (χ0n) is 23.4. The van der Waals surface area contributed by atoms with E-state index in [0.717, 1.165) is 17.5 Å². The lowest BCUT2D eigenvalue weighted by atomic mass is 9.85. The summed E-state index contributed by atoms with van der Waals surface area (Å²) in [7, 11) is -2.88. The minimum Gasteiger partial charge on any atom is -0.508 e. The van der Waals surface area contributed by atoms with Crippen LogP contribution in [-0.2, 0) is 4.12 Å². The third kappa shape index (κ3) is 10.9. The van der Waals surface area contributed by atoms with Crippen molar-refractivity contribution in [1.82, 2.24) is 0 Å². The Kier molecular flexibility index (Phi) is 11.6. The summed E-state index contributed by atoms with van der Waals surface area (Å²) >= 11 is 0. The molecule has 0 aliphatic rings. The molecule has 0 heterocycles. The van der Waals surface area contributed by atoms with Gasteiger partial charge in [0, 0.05) is 5.92 Å². The Morgan fingerprint density at radius 2 is 1.09 bits per heavy atom. The van der Waals surface area contributed by atoms with E-state index in [-0.39, 0.29) is 0 Å². The van der Waals surface area contributed by atoms with Crippen molar-refractivity contribution < 1.29 is 14.3 Å². The van der Waals surface area contributed by atoms with E-state index in [1.165, 1.54) is 68.5 Å². The number of aryl methyl sites for hydroxylation is 2. The predicted molar refractivity (Wildman–Crippen MR) is 156 cm³/mol. The largest absolute Gasteiger partial charge is 0.508 e. The molecule has 0 bridgehead atoms. The summed E-state index contributed by atoms with van der Waals surface area (Å²) in [4.78, 5) is 0. The highest BCUT2D eigenvalue weighted by molar-refractivity contribution is 6.84. The van der Waals surface area contributed by atoms with Gasteiger partial charge in [0.25, 0.3) is 0 Å². The van der Waals surface area contributed by atoms with Gasteiger partial charge in [-0.25, -0.2) is 0 Å².